The highest BCUT2D eigenvalue weighted by molar-refractivity contribution is 5.72. The Morgan fingerprint density at radius 1 is 1.09 bits per heavy atom. The van der Waals surface area contributed by atoms with Crippen LogP contribution in [0.25, 0.3) is 0 Å². The Balaban J connectivity index is 1.72. The van der Waals surface area contributed by atoms with Crippen LogP contribution in [-0.4, -0.2) is 30.2 Å². The van der Waals surface area contributed by atoms with Gasteiger partial charge in [0.05, 0.1) is 6.61 Å². The van der Waals surface area contributed by atoms with E-state index >= 15 is 0 Å². The van der Waals surface area contributed by atoms with Crippen LogP contribution in [0.5, 0.6) is 5.75 Å². The summed E-state index contributed by atoms with van der Waals surface area (Å²) in [5.41, 5.74) is 7.42. The van der Waals surface area contributed by atoms with Gasteiger partial charge in [0.2, 0.25) is 0 Å². The molecule has 2 N–H and O–H groups in total. The molecule has 1 aliphatic heterocycles. The van der Waals surface area contributed by atoms with Crippen LogP contribution < -0.4 is 10.5 Å². The third-order valence-corrected chi connectivity index (χ3v) is 6.28. The molecule has 2 atom stereocenters. The van der Waals surface area contributed by atoms with Crippen molar-refractivity contribution >= 4 is 6.09 Å². The van der Waals surface area contributed by atoms with Crippen molar-refractivity contribution in [3.63, 3.8) is 0 Å². The molecular formula is C28H31FN2O3. The maximum Gasteiger partial charge on any atom is 0.411 e. The highest BCUT2D eigenvalue weighted by Gasteiger charge is 2.49. The van der Waals surface area contributed by atoms with E-state index in [9.17, 15) is 9.18 Å². The summed E-state index contributed by atoms with van der Waals surface area (Å²) in [6.07, 6.45) is 1.62. The van der Waals surface area contributed by atoms with Gasteiger partial charge in [-0.2, -0.15) is 0 Å². The molecule has 6 heteroatoms. The van der Waals surface area contributed by atoms with E-state index in [0.717, 1.165) is 17.5 Å². The van der Waals surface area contributed by atoms with Gasteiger partial charge in [-0.05, 0) is 55.5 Å². The van der Waals surface area contributed by atoms with Crippen molar-refractivity contribution in [2.24, 2.45) is 5.73 Å². The average Bonchev–Trinajstić information content (AvgIpc) is 3.30. The fourth-order valence-electron chi connectivity index (χ4n) is 4.62. The van der Waals surface area contributed by atoms with Crippen LogP contribution in [0.2, 0.25) is 0 Å². The lowest BCUT2D eigenvalue weighted by Gasteiger charge is -2.39. The molecule has 1 aliphatic rings. The lowest BCUT2D eigenvalue weighted by atomic mass is 9.80. The molecule has 1 fully saturated rings. The molecule has 0 aliphatic carbocycles. The minimum Gasteiger partial charge on any atom is -0.493 e. The number of amides is 1. The molecule has 4 rings (SSSR count). The van der Waals surface area contributed by atoms with Gasteiger partial charge < -0.3 is 15.2 Å². The van der Waals surface area contributed by atoms with Crippen molar-refractivity contribution in [3.8, 4) is 5.75 Å². The number of likely N-dealkylation sites (tertiary alicyclic amines) is 1. The van der Waals surface area contributed by atoms with Gasteiger partial charge in [-0.3, -0.25) is 4.90 Å². The fraction of sp³-hybridized carbons (Fsp3) is 0.321. The van der Waals surface area contributed by atoms with Gasteiger partial charge >= 0.3 is 6.09 Å². The summed E-state index contributed by atoms with van der Waals surface area (Å²) in [5.74, 6) is 0.169. The van der Waals surface area contributed by atoms with Gasteiger partial charge in [-0.15, -0.1) is 0 Å². The highest BCUT2D eigenvalue weighted by Crippen LogP contribution is 2.48. The molecule has 1 saturated heterocycles. The van der Waals surface area contributed by atoms with Crippen LogP contribution in [-0.2, 0) is 16.9 Å². The lowest BCUT2D eigenvalue weighted by molar-refractivity contribution is 0.0741. The first-order valence-corrected chi connectivity index (χ1v) is 11.7. The Morgan fingerprint density at radius 3 is 2.50 bits per heavy atom. The first-order chi connectivity index (χ1) is 16.5. The molecule has 3 aromatic carbocycles. The number of hydrogen-bond donors (Lipinski definition) is 1. The van der Waals surface area contributed by atoms with Crippen molar-refractivity contribution in [3.05, 3.63) is 101 Å². The third kappa shape index (κ3) is 5.07. The molecule has 0 aromatic heterocycles. The quantitative estimate of drug-likeness (QED) is 0.472. The molecular weight excluding hydrogens is 431 g/mol. The summed E-state index contributed by atoms with van der Waals surface area (Å²) in [7, 11) is 0. The Labute approximate surface area is 200 Å². The van der Waals surface area contributed by atoms with E-state index < -0.39 is 11.6 Å². The van der Waals surface area contributed by atoms with Crippen molar-refractivity contribution in [2.75, 3.05) is 13.2 Å². The number of carbonyl (C=O) groups excluding carboxylic acids is 1. The van der Waals surface area contributed by atoms with E-state index in [0.29, 0.717) is 37.3 Å². The zero-order valence-electron chi connectivity index (χ0n) is 19.5. The number of halogens is 1. The van der Waals surface area contributed by atoms with Crippen molar-refractivity contribution < 1.29 is 18.7 Å². The summed E-state index contributed by atoms with van der Waals surface area (Å²) in [6, 6.07) is 23.8. The van der Waals surface area contributed by atoms with E-state index in [4.69, 9.17) is 15.2 Å². The summed E-state index contributed by atoms with van der Waals surface area (Å²) in [6.45, 7) is 2.99. The Hall–Kier alpha value is -3.38. The van der Waals surface area contributed by atoms with Crippen molar-refractivity contribution in [1.29, 1.82) is 0 Å². The standard InChI is InChI=1S/C28H31FN2O3/c1-21(30)15-18-33-26-14-13-24(29)19-25(26)28(23-11-6-3-7-12-23)16-8-17-31(28)27(32)34-20-22-9-4-2-5-10-22/h2-7,9-14,19,21H,8,15-18,20,30H2,1H3/t21-,28-/m1/s1. The maximum absolute atomic E-state index is 14.6. The second kappa shape index (κ2) is 10.7. The lowest BCUT2D eigenvalue weighted by Crippen LogP contribution is -2.46. The summed E-state index contributed by atoms with van der Waals surface area (Å²) >= 11 is 0. The van der Waals surface area contributed by atoms with Gasteiger partial charge in [-0.25, -0.2) is 9.18 Å². The minimum atomic E-state index is -0.902. The average molecular weight is 463 g/mol. The minimum absolute atomic E-state index is 0.0112. The van der Waals surface area contributed by atoms with Gasteiger partial charge in [0.25, 0.3) is 0 Å². The zero-order chi connectivity index (χ0) is 24.0. The predicted molar refractivity (Wildman–Crippen MR) is 130 cm³/mol. The topological polar surface area (TPSA) is 64.8 Å². The monoisotopic (exact) mass is 462 g/mol. The van der Waals surface area contributed by atoms with Crippen LogP contribution in [0.4, 0.5) is 9.18 Å². The molecule has 5 nitrogen and oxygen atoms in total. The maximum atomic E-state index is 14.6. The number of carbonyl (C=O) groups is 1. The molecule has 0 bridgehead atoms. The third-order valence-electron chi connectivity index (χ3n) is 6.28. The van der Waals surface area contributed by atoms with E-state index in [1.807, 2.05) is 67.6 Å². The normalized spacial score (nSPS) is 18.5. The second-order valence-electron chi connectivity index (χ2n) is 8.78. The Kier molecular flexibility index (Phi) is 7.48. The van der Waals surface area contributed by atoms with Crippen molar-refractivity contribution in [1.82, 2.24) is 4.90 Å². The van der Waals surface area contributed by atoms with E-state index in [-0.39, 0.29) is 18.5 Å². The molecule has 3 aromatic rings. The van der Waals surface area contributed by atoms with Crippen LogP contribution >= 0.6 is 0 Å². The van der Waals surface area contributed by atoms with Crippen LogP contribution in [0.15, 0.2) is 78.9 Å². The summed E-state index contributed by atoms with van der Waals surface area (Å²) in [5, 5.41) is 0. The van der Waals surface area contributed by atoms with Crippen LogP contribution in [0, 0.1) is 5.82 Å². The van der Waals surface area contributed by atoms with Gasteiger partial charge in [0.15, 0.2) is 0 Å². The number of rotatable bonds is 8. The number of hydrogen-bond acceptors (Lipinski definition) is 4. The van der Waals surface area contributed by atoms with Crippen LogP contribution in [0.3, 0.4) is 0 Å². The first kappa shape index (κ1) is 23.8. The van der Waals surface area contributed by atoms with Gasteiger partial charge in [-0.1, -0.05) is 60.7 Å². The second-order valence-corrected chi connectivity index (χ2v) is 8.78. The molecule has 1 amide bonds. The van der Waals surface area contributed by atoms with E-state index in [1.165, 1.54) is 12.1 Å². The SMILES string of the molecule is C[C@@H](N)CCOc1ccc(F)cc1[C@]1(c2ccccc2)CCCN1C(=O)OCc1ccccc1. The Bertz CT molecular complexity index is 1090. The summed E-state index contributed by atoms with van der Waals surface area (Å²) in [4.78, 5) is 15.2. The van der Waals surface area contributed by atoms with E-state index in [2.05, 4.69) is 0 Å². The number of ether oxygens (including phenoxy) is 2. The largest absolute Gasteiger partial charge is 0.493 e. The summed E-state index contributed by atoms with van der Waals surface area (Å²) < 4.78 is 26.4. The molecule has 178 valence electrons. The number of nitrogens with two attached hydrogens (primary N) is 1. The molecule has 1 heterocycles. The molecule has 0 unspecified atom stereocenters. The molecule has 34 heavy (non-hydrogen) atoms. The van der Waals surface area contributed by atoms with Gasteiger partial charge in [0, 0.05) is 18.2 Å². The molecule has 0 saturated carbocycles. The fourth-order valence-corrected chi connectivity index (χ4v) is 4.62. The first-order valence-electron chi connectivity index (χ1n) is 11.7. The molecule has 0 radical (unpaired) electrons. The highest BCUT2D eigenvalue weighted by atomic mass is 19.1. The van der Waals surface area contributed by atoms with Gasteiger partial charge in [0.1, 0.15) is 23.7 Å². The smallest absolute Gasteiger partial charge is 0.411 e. The van der Waals surface area contributed by atoms with E-state index in [1.54, 1.807) is 11.0 Å². The van der Waals surface area contributed by atoms with Crippen LogP contribution in [0.1, 0.15) is 42.9 Å². The van der Waals surface area contributed by atoms with Crippen molar-refractivity contribution in [2.45, 2.75) is 44.4 Å². The number of benzene rings is 3. The predicted octanol–water partition coefficient (Wildman–Crippen LogP) is 5.62. The Morgan fingerprint density at radius 2 is 1.79 bits per heavy atom. The number of nitrogens with zero attached hydrogens (tertiary/aromatic N) is 1. The molecule has 0 spiro atoms. The zero-order valence-corrected chi connectivity index (χ0v) is 19.5.